The van der Waals surface area contributed by atoms with E-state index < -0.39 is 17.5 Å². The van der Waals surface area contributed by atoms with Crippen LogP contribution < -0.4 is 21.7 Å². The Hall–Kier alpha value is -4.14. The fraction of sp³-hybridized carbons (Fsp3) is 0.308. The highest BCUT2D eigenvalue weighted by atomic mass is 16.5. The third-order valence-corrected chi connectivity index (χ3v) is 6.07. The molecule has 0 saturated heterocycles. The highest BCUT2D eigenvalue weighted by Crippen LogP contribution is 2.41. The van der Waals surface area contributed by atoms with Crippen LogP contribution in [0.2, 0.25) is 0 Å². The molecule has 1 aromatic heterocycles. The van der Waals surface area contributed by atoms with E-state index in [1.54, 1.807) is 0 Å². The van der Waals surface area contributed by atoms with Gasteiger partial charge in [0.2, 0.25) is 5.95 Å². The molecule has 1 atom stereocenters. The smallest absolute Gasteiger partial charge is 0.407 e. The predicted octanol–water partition coefficient (Wildman–Crippen LogP) is 4.28. The van der Waals surface area contributed by atoms with Gasteiger partial charge in [-0.1, -0.05) is 49.4 Å². The summed E-state index contributed by atoms with van der Waals surface area (Å²) in [6.07, 6.45) is 3.29. The summed E-state index contributed by atoms with van der Waals surface area (Å²) in [5.41, 5.74) is 8.06. The van der Waals surface area contributed by atoms with E-state index in [9.17, 15) is 9.59 Å². The summed E-state index contributed by atoms with van der Waals surface area (Å²) < 4.78 is 5.42. The lowest BCUT2D eigenvalue weighted by Crippen LogP contribution is -2.49. The largest absolute Gasteiger partial charge is 0.445 e. The van der Waals surface area contributed by atoms with Gasteiger partial charge in [-0.25, -0.2) is 9.78 Å². The minimum atomic E-state index is -0.625. The quantitative estimate of drug-likeness (QED) is 0.345. The third kappa shape index (κ3) is 6.06. The minimum absolute atomic E-state index is 0.127. The molecule has 0 bridgehead atoms. The van der Waals surface area contributed by atoms with E-state index in [0.717, 1.165) is 36.1 Å². The van der Waals surface area contributed by atoms with E-state index in [2.05, 4.69) is 25.9 Å². The van der Waals surface area contributed by atoms with Crippen LogP contribution in [0.4, 0.5) is 22.2 Å². The van der Waals surface area contributed by atoms with Gasteiger partial charge in [0.05, 0.1) is 11.6 Å². The number of anilines is 3. The number of nitrogens with zero attached hydrogens (tertiary/aromatic N) is 2. The Morgan fingerprint density at radius 1 is 1.14 bits per heavy atom. The van der Waals surface area contributed by atoms with Gasteiger partial charge in [0.15, 0.2) is 0 Å². The van der Waals surface area contributed by atoms with E-state index in [4.69, 9.17) is 10.5 Å². The second-order valence-electron chi connectivity index (χ2n) is 8.76. The Labute approximate surface area is 204 Å². The number of nitrogens with two attached hydrogens (primary N) is 1. The molecule has 1 aliphatic rings. The molecule has 35 heavy (non-hydrogen) atoms. The zero-order chi connectivity index (χ0) is 24.8. The molecule has 1 fully saturated rings. The van der Waals surface area contributed by atoms with Crippen LogP contribution in [0.15, 0.2) is 60.8 Å². The number of benzene rings is 2. The molecule has 2 aromatic carbocycles. The zero-order valence-electron chi connectivity index (χ0n) is 19.9. The van der Waals surface area contributed by atoms with Gasteiger partial charge in [0.25, 0.3) is 5.91 Å². The van der Waals surface area contributed by atoms with Crippen molar-refractivity contribution in [2.75, 3.05) is 10.6 Å². The van der Waals surface area contributed by atoms with E-state index in [1.165, 1.54) is 6.20 Å². The van der Waals surface area contributed by atoms with Crippen LogP contribution in [-0.2, 0) is 11.3 Å². The Kier molecular flexibility index (Phi) is 7.14. The molecule has 0 aliphatic heterocycles. The van der Waals surface area contributed by atoms with E-state index in [0.29, 0.717) is 11.8 Å². The second kappa shape index (κ2) is 10.4. The number of primary amides is 1. The number of carbonyl (C=O) groups excluding carboxylic acids is 2. The Morgan fingerprint density at radius 2 is 1.91 bits per heavy atom. The summed E-state index contributed by atoms with van der Waals surface area (Å²) in [5.74, 6) is 0.0264. The molecular formula is C26H30N6O3. The fourth-order valence-electron chi connectivity index (χ4n) is 4.03. The first-order chi connectivity index (χ1) is 16.9. The van der Waals surface area contributed by atoms with Crippen molar-refractivity contribution in [1.29, 1.82) is 0 Å². The molecule has 1 aliphatic carbocycles. The number of rotatable bonds is 10. The van der Waals surface area contributed by atoms with Crippen LogP contribution in [0.5, 0.6) is 0 Å². The highest BCUT2D eigenvalue weighted by molar-refractivity contribution is 5.98. The first-order valence-electron chi connectivity index (χ1n) is 11.6. The molecule has 0 radical (unpaired) electrons. The molecule has 2 amide bonds. The molecule has 9 heteroatoms. The topological polar surface area (TPSA) is 131 Å². The number of hydrogen-bond acceptors (Lipinski definition) is 7. The minimum Gasteiger partial charge on any atom is -0.445 e. The van der Waals surface area contributed by atoms with Crippen molar-refractivity contribution in [1.82, 2.24) is 15.3 Å². The van der Waals surface area contributed by atoms with Crippen LogP contribution in [0.1, 0.15) is 47.7 Å². The van der Waals surface area contributed by atoms with E-state index in [-0.39, 0.29) is 18.2 Å². The maximum atomic E-state index is 12.5. The lowest BCUT2D eigenvalue weighted by Gasteiger charge is -2.28. The SMILES string of the molecule is CC[C@H](Nc1ncc(C(N)=O)c(Nc2cccc(C)c2)n1)C1(NC(=O)OCc2ccccc2)CC1. The van der Waals surface area contributed by atoms with Gasteiger partial charge in [-0.2, -0.15) is 4.98 Å². The molecule has 3 aromatic rings. The van der Waals surface area contributed by atoms with Gasteiger partial charge < -0.3 is 26.4 Å². The molecule has 182 valence electrons. The summed E-state index contributed by atoms with van der Waals surface area (Å²) in [4.78, 5) is 33.3. The first kappa shape index (κ1) is 24.0. The van der Waals surface area contributed by atoms with Crippen LogP contribution in [0, 0.1) is 6.92 Å². The van der Waals surface area contributed by atoms with Crippen molar-refractivity contribution in [2.24, 2.45) is 5.73 Å². The zero-order valence-corrected chi connectivity index (χ0v) is 19.9. The third-order valence-electron chi connectivity index (χ3n) is 6.07. The van der Waals surface area contributed by atoms with E-state index >= 15 is 0 Å². The number of hydrogen-bond donors (Lipinski definition) is 4. The van der Waals surface area contributed by atoms with Crippen LogP contribution in [-0.4, -0.2) is 33.5 Å². The maximum Gasteiger partial charge on any atom is 0.407 e. The van der Waals surface area contributed by atoms with Crippen LogP contribution in [0.25, 0.3) is 0 Å². The average molecular weight is 475 g/mol. The first-order valence-corrected chi connectivity index (χ1v) is 11.6. The number of aryl methyl sites for hydroxylation is 1. The average Bonchev–Trinajstić information content (AvgIpc) is 3.62. The van der Waals surface area contributed by atoms with Crippen molar-refractivity contribution in [3.8, 4) is 0 Å². The van der Waals surface area contributed by atoms with Gasteiger partial charge in [-0.05, 0) is 49.4 Å². The normalized spacial score (nSPS) is 14.5. The number of alkyl carbamates (subject to hydrolysis) is 1. The fourth-order valence-corrected chi connectivity index (χ4v) is 4.03. The molecule has 0 spiro atoms. The predicted molar refractivity (Wildman–Crippen MR) is 134 cm³/mol. The number of carbonyl (C=O) groups is 2. The number of amides is 2. The molecule has 0 unspecified atom stereocenters. The summed E-state index contributed by atoms with van der Waals surface area (Å²) in [6, 6.07) is 17.1. The molecule has 1 heterocycles. The van der Waals surface area contributed by atoms with Gasteiger partial charge in [0, 0.05) is 11.9 Å². The van der Waals surface area contributed by atoms with Crippen molar-refractivity contribution < 1.29 is 14.3 Å². The molecular weight excluding hydrogens is 444 g/mol. The standard InChI is InChI=1S/C26H30N6O3/c1-3-21(26(12-13-26)32-25(34)35-16-18-9-5-4-6-10-18)30-24-28-15-20(22(27)33)23(31-24)29-19-11-7-8-17(2)14-19/h4-11,14-15,21H,3,12-13,16H2,1-2H3,(H2,27,33)(H,32,34)(H2,28,29,30,31)/t21-/m0/s1. The van der Waals surface area contributed by atoms with Crippen molar-refractivity contribution >= 4 is 29.5 Å². The lowest BCUT2D eigenvalue weighted by atomic mass is 10.0. The van der Waals surface area contributed by atoms with Crippen molar-refractivity contribution in [2.45, 2.75) is 51.3 Å². The van der Waals surface area contributed by atoms with E-state index in [1.807, 2.05) is 68.4 Å². The summed E-state index contributed by atoms with van der Waals surface area (Å²) in [5, 5.41) is 9.52. The summed E-state index contributed by atoms with van der Waals surface area (Å²) in [6.45, 7) is 4.21. The molecule has 4 rings (SSSR count). The number of nitrogens with one attached hydrogen (secondary N) is 3. The lowest BCUT2D eigenvalue weighted by molar-refractivity contribution is 0.1000. The summed E-state index contributed by atoms with van der Waals surface area (Å²) >= 11 is 0. The van der Waals surface area contributed by atoms with Crippen molar-refractivity contribution in [3.05, 3.63) is 77.5 Å². The van der Waals surface area contributed by atoms with Crippen LogP contribution in [0.3, 0.4) is 0 Å². The van der Waals surface area contributed by atoms with Gasteiger partial charge in [-0.15, -0.1) is 0 Å². The maximum absolute atomic E-state index is 12.5. The molecule has 5 N–H and O–H groups in total. The Balaban J connectivity index is 1.45. The second-order valence-corrected chi connectivity index (χ2v) is 8.76. The molecule has 1 saturated carbocycles. The highest BCUT2D eigenvalue weighted by Gasteiger charge is 2.50. The van der Waals surface area contributed by atoms with Gasteiger partial charge >= 0.3 is 6.09 Å². The Bertz CT molecular complexity index is 1200. The van der Waals surface area contributed by atoms with Crippen LogP contribution >= 0.6 is 0 Å². The number of aromatic nitrogens is 2. The van der Waals surface area contributed by atoms with Crippen molar-refractivity contribution in [3.63, 3.8) is 0 Å². The van der Waals surface area contributed by atoms with Gasteiger partial charge in [0.1, 0.15) is 18.0 Å². The summed E-state index contributed by atoms with van der Waals surface area (Å²) in [7, 11) is 0. The monoisotopic (exact) mass is 474 g/mol. The Morgan fingerprint density at radius 3 is 2.57 bits per heavy atom. The molecule has 9 nitrogen and oxygen atoms in total. The number of ether oxygens (including phenoxy) is 1. The van der Waals surface area contributed by atoms with Gasteiger partial charge in [-0.3, -0.25) is 4.79 Å².